The molecule has 1 atom stereocenters. The van der Waals surface area contributed by atoms with Crippen LogP contribution in [-0.4, -0.2) is 41.7 Å². The Hall–Kier alpha value is -2.56. The zero-order valence-corrected chi connectivity index (χ0v) is 19.5. The Kier molecular flexibility index (Phi) is 7.08. The second-order valence-electron chi connectivity index (χ2n) is 7.40. The number of anilines is 2. The number of hydrogen-bond donors (Lipinski definition) is 2. The van der Waals surface area contributed by atoms with Crippen LogP contribution in [0.4, 0.5) is 24.5 Å². The first-order valence-corrected chi connectivity index (χ1v) is 12.0. The maximum Gasteiger partial charge on any atom is 0.417 e. The van der Waals surface area contributed by atoms with Crippen LogP contribution in [0.25, 0.3) is 0 Å². The van der Waals surface area contributed by atoms with Gasteiger partial charge in [-0.25, -0.2) is 0 Å². The van der Waals surface area contributed by atoms with Gasteiger partial charge in [0.2, 0.25) is 5.50 Å². The van der Waals surface area contributed by atoms with Gasteiger partial charge in [0.1, 0.15) is 5.54 Å². The van der Waals surface area contributed by atoms with Crippen molar-refractivity contribution in [3.05, 3.63) is 59.2 Å². The Morgan fingerprint density at radius 3 is 2.12 bits per heavy atom. The SMILES string of the molecule is N#Cc1ccc(N2C(=O)C(CCl)(CCl)N(c3ccc(CN)cc3)C2S(=O)(=O)O)cc1C(F)(F)F. The third-order valence-electron chi connectivity index (χ3n) is 5.39. The van der Waals surface area contributed by atoms with Crippen molar-refractivity contribution in [3.63, 3.8) is 0 Å². The molecule has 14 heteroatoms. The maximum absolute atomic E-state index is 13.5. The van der Waals surface area contributed by atoms with Crippen LogP contribution in [0.15, 0.2) is 42.5 Å². The largest absolute Gasteiger partial charge is 0.417 e. The normalized spacial score (nSPS) is 18.3. The summed E-state index contributed by atoms with van der Waals surface area (Å²) in [7, 11) is -5.16. The smallest absolute Gasteiger partial charge is 0.326 e. The molecule has 2 aromatic carbocycles. The van der Waals surface area contributed by atoms with Gasteiger partial charge in [-0.3, -0.25) is 14.2 Å². The van der Waals surface area contributed by atoms with Gasteiger partial charge in [0, 0.05) is 17.9 Å². The van der Waals surface area contributed by atoms with Gasteiger partial charge in [-0.15, -0.1) is 23.2 Å². The number of alkyl halides is 5. The average molecular weight is 537 g/mol. The zero-order valence-electron chi connectivity index (χ0n) is 17.1. The third-order valence-corrected chi connectivity index (χ3v) is 7.22. The molecule has 1 amide bonds. The standard InChI is InChI=1S/C20H17Cl2F3N4O4S/c21-10-19(11-22)17(30)28(15-6-3-13(9-27)16(7-15)20(23,24)25)18(34(31,32)33)29(19)14-4-1-12(8-26)2-5-14/h1-7,18H,8,10-11,26H2,(H,31,32,33). The molecule has 1 heterocycles. The summed E-state index contributed by atoms with van der Waals surface area (Å²) in [6, 6.07) is 9.56. The molecule has 1 unspecified atom stereocenters. The Bertz CT molecular complexity index is 1250. The van der Waals surface area contributed by atoms with Crippen LogP contribution in [-0.2, 0) is 27.6 Å². The highest BCUT2D eigenvalue weighted by atomic mass is 35.5. The van der Waals surface area contributed by atoms with Gasteiger partial charge >= 0.3 is 16.3 Å². The highest BCUT2D eigenvalue weighted by Crippen LogP contribution is 2.43. The van der Waals surface area contributed by atoms with E-state index in [1.165, 1.54) is 18.2 Å². The Balaban J connectivity index is 2.32. The fourth-order valence-corrected chi connectivity index (χ4v) is 5.57. The van der Waals surface area contributed by atoms with E-state index in [0.29, 0.717) is 16.5 Å². The second-order valence-corrected chi connectivity index (χ2v) is 9.38. The predicted octanol–water partition coefficient (Wildman–Crippen LogP) is 3.28. The fourth-order valence-electron chi connectivity index (χ4n) is 3.73. The average Bonchev–Trinajstić information content (AvgIpc) is 3.07. The Labute approximate surface area is 203 Å². The van der Waals surface area contributed by atoms with E-state index >= 15 is 0 Å². The molecule has 0 aromatic heterocycles. The zero-order chi connectivity index (χ0) is 25.5. The second kappa shape index (κ2) is 9.24. The van der Waals surface area contributed by atoms with Crippen molar-refractivity contribution < 1.29 is 30.9 Å². The summed E-state index contributed by atoms with van der Waals surface area (Å²) in [5, 5.41) is 9.05. The van der Waals surface area contributed by atoms with E-state index in [0.717, 1.165) is 17.0 Å². The lowest BCUT2D eigenvalue weighted by Gasteiger charge is -2.36. The van der Waals surface area contributed by atoms with E-state index in [1.807, 2.05) is 0 Å². The van der Waals surface area contributed by atoms with Gasteiger partial charge in [-0.1, -0.05) is 12.1 Å². The number of carbonyl (C=O) groups excluding carboxylic acids is 1. The molecule has 0 aliphatic carbocycles. The summed E-state index contributed by atoms with van der Waals surface area (Å²) < 4.78 is 75.8. The monoisotopic (exact) mass is 536 g/mol. The summed E-state index contributed by atoms with van der Waals surface area (Å²) in [5.41, 5.74) is -0.449. The minimum Gasteiger partial charge on any atom is -0.326 e. The molecule has 8 nitrogen and oxygen atoms in total. The van der Waals surface area contributed by atoms with Crippen molar-refractivity contribution in [2.24, 2.45) is 5.73 Å². The molecular formula is C20H17Cl2F3N4O4S. The minimum atomic E-state index is -5.16. The molecule has 34 heavy (non-hydrogen) atoms. The number of nitrogens with two attached hydrogens (primary N) is 1. The van der Waals surface area contributed by atoms with E-state index in [4.69, 9.17) is 34.2 Å². The van der Waals surface area contributed by atoms with E-state index < -0.39 is 61.8 Å². The molecule has 0 spiro atoms. The first kappa shape index (κ1) is 26.1. The lowest BCUT2D eigenvalue weighted by molar-refractivity contribution is -0.137. The minimum absolute atomic E-state index is 0.0988. The summed E-state index contributed by atoms with van der Waals surface area (Å²) in [5.74, 6) is -2.17. The van der Waals surface area contributed by atoms with E-state index in [1.54, 1.807) is 12.1 Å². The molecule has 0 saturated carbocycles. The number of halogens is 5. The quantitative estimate of drug-likeness (QED) is 0.428. The van der Waals surface area contributed by atoms with Crippen molar-refractivity contribution in [2.45, 2.75) is 23.8 Å². The lowest BCUT2D eigenvalue weighted by atomic mass is 10.0. The highest BCUT2D eigenvalue weighted by Gasteiger charge is 2.61. The van der Waals surface area contributed by atoms with Gasteiger partial charge in [0.25, 0.3) is 5.91 Å². The first-order valence-electron chi connectivity index (χ1n) is 9.47. The van der Waals surface area contributed by atoms with Crippen LogP contribution in [0.5, 0.6) is 0 Å². The number of carbonyl (C=O) groups is 1. The van der Waals surface area contributed by atoms with Crippen molar-refractivity contribution in [1.82, 2.24) is 0 Å². The summed E-state index contributed by atoms with van der Waals surface area (Å²) in [6.07, 6.45) is -4.98. The molecule has 2 aromatic rings. The molecule has 1 saturated heterocycles. The fraction of sp³-hybridized carbons (Fsp3) is 0.300. The van der Waals surface area contributed by atoms with Gasteiger partial charge in [0.05, 0.1) is 29.0 Å². The predicted molar refractivity (Wildman–Crippen MR) is 120 cm³/mol. The number of nitrogens with zero attached hydrogens (tertiary/aromatic N) is 3. The lowest BCUT2D eigenvalue weighted by Crippen LogP contribution is -2.55. The molecule has 0 bridgehead atoms. The van der Waals surface area contributed by atoms with E-state index in [-0.39, 0.29) is 12.2 Å². The van der Waals surface area contributed by atoms with E-state index in [2.05, 4.69) is 0 Å². The molecule has 1 aliphatic heterocycles. The van der Waals surface area contributed by atoms with Crippen LogP contribution >= 0.6 is 23.2 Å². The van der Waals surface area contributed by atoms with Gasteiger partial charge in [-0.05, 0) is 35.9 Å². The summed E-state index contributed by atoms with van der Waals surface area (Å²) in [4.78, 5) is 15.0. The summed E-state index contributed by atoms with van der Waals surface area (Å²) in [6.45, 7) is 0.161. The molecular weight excluding hydrogens is 520 g/mol. The number of amides is 1. The molecule has 182 valence electrons. The number of hydrogen-bond acceptors (Lipinski definition) is 6. The van der Waals surface area contributed by atoms with Crippen LogP contribution in [0.1, 0.15) is 16.7 Å². The Morgan fingerprint density at radius 2 is 1.68 bits per heavy atom. The Morgan fingerprint density at radius 1 is 1.12 bits per heavy atom. The molecule has 1 fully saturated rings. The van der Waals surface area contributed by atoms with E-state index in [9.17, 15) is 30.9 Å². The summed E-state index contributed by atoms with van der Waals surface area (Å²) >= 11 is 12.2. The highest BCUT2D eigenvalue weighted by molar-refractivity contribution is 7.86. The van der Waals surface area contributed by atoms with Crippen LogP contribution in [0.2, 0.25) is 0 Å². The molecule has 3 N–H and O–H groups in total. The van der Waals surface area contributed by atoms with Crippen LogP contribution in [0.3, 0.4) is 0 Å². The van der Waals surface area contributed by atoms with Crippen LogP contribution < -0.4 is 15.5 Å². The van der Waals surface area contributed by atoms with Crippen molar-refractivity contribution in [3.8, 4) is 6.07 Å². The van der Waals surface area contributed by atoms with Crippen molar-refractivity contribution >= 4 is 50.6 Å². The first-order chi connectivity index (χ1) is 15.9. The van der Waals surface area contributed by atoms with Gasteiger partial charge in [0.15, 0.2) is 0 Å². The number of benzene rings is 2. The topological polar surface area (TPSA) is 128 Å². The van der Waals surface area contributed by atoms with Gasteiger partial charge < -0.3 is 10.6 Å². The maximum atomic E-state index is 13.5. The van der Waals surface area contributed by atoms with Crippen LogP contribution in [0, 0.1) is 11.3 Å². The van der Waals surface area contributed by atoms with Gasteiger partial charge in [-0.2, -0.15) is 26.9 Å². The molecule has 1 aliphatic rings. The van der Waals surface area contributed by atoms with Crippen molar-refractivity contribution in [2.75, 3.05) is 21.6 Å². The number of rotatable bonds is 6. The number of nitriles is 1. The third kappa shape index (κ3) is 4.30. The molecule has 3 rings (SSSR count). The van der Waals surface area contributed by atoms with Crippen molar-refractivity contribution in [1.29, 1.82) is 5.26 Å². The molecule has 0 radical (unpaired) electrons.